The molecule has 0 amide bonds. The third-order valence-electron chi connectivity index (χ3n) is 3.85. The van der Waals surface area contributed by atoms with Crippen LogP contribution in [-0.2, 0) is 4.79 Å². The first kappa shape index (κ1) is 18.4. The molecule has 0 radical (unpaired) electrons. The number of halogens is 4. The summed E-state index contributed by atoms with van der Waals surface area (Å²) in [6.45, 7) is 0.168. The van der Waals surface area contributed by atoms with Crippen molar-refractivity contribution >= 4 is 29.3 Å². The van der Waals surface area contributed by atoms with E-state index in [2.05, 4.69) is 0 Å². The molecule has 0 aromatic heterocycles. The molecule has 0 saturated carbocycles. The van der Waals surface area contributed by atoms with E-state index in [1.165, 1.54) is 0 Å². The molecule has 0 unspecified atom stereocenters. The minimum atomic E-state index is -4.47. The first-order valence-corrected chi connectivity index (χ1v) is 8.54. The van der Waals surface area contributed by atoms with E-state index >= 15 is 0 Å². The number of nitrogens with zero attached hydrogens (tertiary/aromatic N) is 1. The Hall–Kier alpha value is -0.920. The van der Waals surface area contributed by atoms with Crippen LogP contribution in [0.15, 0.2) is 29.2 Å². The van der Waals surface area contributed by atoms with Gasteiger partial charge in [0.05, 0.1) is 16.9 Å². The molecule has 1 aromatic carbocycles. The fourth-order valence-corrected chi connectivity index (χ4v) is 3.86. The molecule has 2 rings (SSSR count). The third-order valence-corrected chi connectivity index (χ3v) is 5.45. The zero-order valence-electron chi connectivity index (χ0n) is 12.2. The highest BCUT2D eigenvalue weighted by Crippen LogP contribution is 2.37. The average Bonchev–Trinajstić information content (AvgIpc) is 2.90. The number of hydrogen-bond acceptors (Lipinski definition) is 3. The van der Waals surface area contributed by atoms with Gasteiger partial charge in [0.1, 0.15) is 0 Å². The van der Waals surface area contributed by atoms with E-state index in [1.807, 2.05) is 18.2 Å². The maximum absolute atomic E-state index is 12.9. The van der Waals surface area contributed by atoms with E-state index in [0.717, 1.165) is 4.90 Å². The number of alkyl halides is 3. The van der Waals surface area contributed by atoms with Gasteiger partial charge in [0.25, 0.3) is 0 Å². The number of benzene rings is 1. The quantitative estimate of drug-likeness (QED) is 0.609. The summed E-state index contributed by atoms with van der Waals surface area (Å²) in [5.74, 6) is -3.81. The van der Waals surface area contributed by atoms with E-state index in [9.17, 15) is 18.0 Å². The maximum atomic E-state index is 12.9. The first-order valence-electron chi connectivity index (χ1n) is 7.18. The molecule has 8 heteroatoms. The number of hydrogen-bond donors (Lipinski definition) is 1. The normalized spacial score (nSPS) is 22.4. The molecule has 1 aliphatic rings. The number of carboxylic acid groups (broad SMARTS) is 1. The van der Waals surface area contributed by atoms with E-state index in [-0.39, 0.29) is 13.1 Å². The second-order valence-electron chi connectivity index (χ2n) is 5.48. The van der Waals surface area contributed by atoms with E-state index in [4.69, 9.17) is 16.7 Å². The third kappa shape index (κ3) is 5.02. The summed E-state index contributed by atoms with van der Waals surface area (Å²) in [4.78, 5) is 13.5. The van der Waals surface area contributed by atoms with Gasteiger partial charge in [-0.1, -0.05) is 23.7 Å². The smallest absolute Gasteiger partial charge is 0.393 e. The maximum Gasteiger partial charge on any atom is 0.393 e. The van der Waals surface area contributed by atoms with Crippen LogP contribution in [0.1, 0.15) is 6.42 Å². The van der Waals surface area contributed by atoms with Crippen molar-refractivity contribution in [1.82, 2.24) is 4.90 Å². The standard InChI is InChI=1S/C15H17ClF3NO2S/c16-12-4-1-2-5-13(12)23-7-3-6-20-8-10(14(21)22)11(9-20)15(17,18)19/h1-2,4-5,10-11H,3,6-9H2,(H,21,22)/t10-,11-/m1/s1. The van der Waals surface area contributed by atoms with Crippen molar-refractivity contribution in [1.29, 1.82) is 0 Å². The molecule has 1 N–H and O–H groups in total. The fraction of sp³-hybridized carbons (Fsp3) is 0.533. The summed E-state index contributed by atoms with van der Waals surface area (Å²) in [5, 5.41) is 9.62. The fourth-order valence-electron chi connectivity index (χ4n) is 2.68. The summed E-state index contributed by atoms with van der Waals surface area (Å²) >= 11 is 7.58. The summed E-state index contributed by atoms with van der Waals surface area (Å²) in [7, 11) is 0. The second kappa shape index (κ2) is 7.77. The van der Waals surface area contributed by atoms with Crippen molar-refractivity contribution in [2.24, 2.45) is 11.8 Å². The highest BCUT2D eigenvalue weighted by atomic mass is 35.5. The number of likely N-dealkylation sites (tertiary alicyclic amines) is 1. The lowest BCUT2D eigenvalue weighted by Crippen LogP contribution is -2.33. The van der Waals surface area contributed by atoms with Gasteiger partial charge in [0.2, 0.25) is 0 Å². The first-order chi connectivity index (χ1) is 10.8. The van der Waals surface area contributed by atoms with E-state index in [0.29, 0.717) is 23.7 Å². The molecular weight excluding hydrogens is 351 g/mol. The predicted molar refractivity (Wildman–Crippen MR) is 83.9 cm³/mol. The zero-order valence-corrected chi connectivity index (χ0v) is 13.8. The number of carbonyl (C=O) groups is 1. The molecule has 1 aromatic rings. The van der Waals surface area contributed by atoms with Crippen LogP contribution in [0, 0.1) is 11.8 Å². The lowest BCUT2D eigenvalue weighted by Gasteiger charge is -2.18. The molecule has 1 heterocycles. The van der Waals surface area contributed by atoms with Crippen molar-refractivity contribution in [3.05, 3.63) is 29.3 Å². The van der Waals surface area contributed by atoms with E-state index < -0.39 is 24.0 Å². The summed E-state index contributed by atoms with van der Waals surface area (Å²) in [6.07, 6.45) is -3.79. The Kier molecular flexibility index (Phi) is 6.22. The number of thioether (sulfide) groups is 1. The molecular formula is C15H17ClF3NO2S. The van der Waals surface area contributed by atoms with Crippen LogP contribution in [-0.4, -0.2) is 47.5 Å². The minimum Gasteiger partial charge on any atom is -0.481 e. The summed E-state index contributed by atoms with van der Waals surface area (Å²) in [6, 6.07) is 7.39. The molecule has 0 bridgehead atoms. The van der Waals surface area contributed by atoms with Gasteiger partial charge >= 0.3 is 12.1 Å². The van der Waals surface area contributed by atoms with Crippen molar-refractivity contribution in [3.8, 4) is 0 Å². The van der Waals surface area contributed by atoms with Crippen LogP contribution in [0.25, 0.3) is 0 Å². The highest BCUT2D eigenvalue weighted by Gasteiger charge is 2.52. The van der Waals surface area contributed by atoms with Gasteiger partial charge in [-0.05, 0) is 30.9 Å². The molecule has 3 nitrogen and oxygen atoms in total. The SMILES string of the molecule is O=C(O)[C@@H]1CN(CCCSc2ccccc2Cl)C[C@H]1C(F)(F)F. The molecule has 23 heavy (non-hydrogen) atoms. The Labute approximate surface area is 141 Å². The van der Waals surface area contributed by atoms with Crippen LogP contribution in [0.4, 0.5) is 13.2 Å². The predicted octanol–water partition coefficient (Wildman–Crippen LogP) is 4.02. The van der Waals surface area contributed by atoms with Gasteiger partial charge in [0.15, 0.2) is 0 Å². The van der Waals surface area contributed by atoms with Gasteiger partial charge in [-0.2, -0.15) is 13.2 Å². The Bertz CT molecular complexity index is 556. The Morgan fingerprint density at radius 3 is 2.61 bits per heavy atom. The number of rotatable bonds is 6. The summed E-state index contributed by atoms with van der Waals surface area (Å²) in [5.41, 5.74) is 0. The monoisotopic (exact) mass is 367 g/mol. The van der Waals surface area contributed by atoms with Crippen molar-refractivity contribution < 1.29 is 23.1 Å². The molecule has 1 saturated heterocycles. The molecule has 2 atom stereocenters. The van der Waals surface area contributed by atoms with Crippen molar-refractivity contribution in [2.45, 2.75) is 17.5 Å². The zero-order chi connectivity index (χ0) is 17.0. The van der Waals surface area contributed by atoms with Crippen molar-refractivity contribution in [3.63, 3.8) is 0 Å². The van der Waals surface area contributed by atoms with Crippen LogP contribution in [0.2, 0.25) is 5.02 Å². The molecule has 0 spiro atoms. The van der Waals surface area contributed by atoms with E-state index in [1.54, 1.807) is 22.7 Å². The van der Waals surface area contributed by atoms with Gasteiger partial charge in [-0.3, -0.25) is 4.79 Å². The lowest BCUT2D eigenvalue weighted by molar-refractivity contribution is -0.188. The van der Waals surface area contributed by atoms with Crippen molar-refractivity contribution in [2.75, 3.05) is 25.4 Å². The number of carboxylic acids is 1. The molecule has 1 aliphatic heterocycles. The number of aliphatic carboxylic acids is 1. The largest absolute Gasteiger partial charge is 0.481 e. The second-order valence-corrected chi connectivity index (χ2v) is 7.03. The van der Waals surface area contributed by atoms with Crippen LogP contribution in [0.3, 0.4) is 0 Å². The molecule has 1 fully saturated rings. The van der Waals surface area contributed by atoms with Gasteiger partial charge < -0.3 is 10.0 Å². The van der Waals surface area contributed by atoms with Crippen LogP contribution >= 0.6 is 23.4 Å². The van der Waals surface area contributed by atoms with Gasteiger partial charge in [0, 0.05) is 18.0 Å². The molecule has 0 aliphatic carbocycles. The van der Waals surface area contributed by atoms with Crippen LogP contribution < -0.4 is 0 Å². The van der Waals surface area contributed by atoms with Gasteiger partial charge in [-0.15, -0.1) is 11.8 Å². The van der Waals surface area contributed by atoms with Gasteiger partial charge in [-0.25, -0.2) is 0 Å². The lowest BCUT2D eigenvalue weighted by atomic mass is 9.96. The molecule has 128 valence electrons. The summed E-state index contributed by atoms with van der Waals surface area (Å²) < 4.78 is 38.7. The van der Waals surface area contributed by atoms with Crippen LogP contribution in [0.5, 0.6) is 0 Å². The topological polar surface area (TPSA) is 40.5 Å². The Morgan fingerprint density at radius 2 is 2.04 bits per heavy atom. The average molecular weight is 368 g/mol. The minimum absolute atomic E-state index is 0.0454. The Balaban J connectivity index is 1.80. The Morgan fingerprint density at radius 1 is 1.35 bits per heavy atom. The highest BCUT2D eigenvalue weighted by molar-refractivity contribution is 7.99.